The number of aromatic nitrogens is 3. The van der Waals surface area contributed by atoms with E-state index in [9.17, 15) is 10.1 Å². The number of hydrogen-bond donors (Lipinski definition) is 0. The molecule has 0 aliphatic rings. The largest absolute Gasteiger partial charge is 0.285 e. The molecule has 0 aliphatic carbocycles. The van der Waals surface area contributed by atoms with Crippen molar-refractivity contribution in [2.45, 2.75) is 27.3 Å². The van der Waals surface area contributed by atoms with Crippen LogP contribution in [0.5, 0.6) is 0 Å². The molecule has 3 aromatic rings. The summed E-state index contributed by atoms with van der Waals surface area (Å²) >= 11 is 1.53. The first-order valence-corrected chi connectivity index (χ1v) is 8.37. The fraction of sp³-hybridized carbons (Fsp3) is 0.222. The summed E-state index contributed by atoms with van der Waals surface area (Å²) in [7, 11) is 0. The molecule has 0 spiro atoms. The molecular weight excluding hydrogens is 320 g/mol. The van der Waals surface area contributed by atoms with Crippen molar-refractivity contribution in [3.63, 3.8) is 0 Å². The minimum atomic E-state index is -0.370. The normalized spacial score (nSPS) is 10.6. The van der Waals surface area contributed by atoms with Crippen molar-refractivity contribution in [3.8, 4) is 16.6 Å². The predicted octanol–water partition coefficient (Wildman–Crippen LogP) is 3.21. The van der Waals surface area contributed by atoms with E-state index >= 15 is 0 Å². The lowest BCUT2D eigenvalue weighted by atomic mass is 10.1. The van der Waals surface area contributed by atoms with Crippen LogP contribution in [0.25, 0.3) is 10.6 Å². The molecule has 5 nitrogen and oxygen atoms in total. The zero-order valence-electron chi connectivity index (χ0n) is 13.7. The van der Waals surface area contributed by atoms with Gasteiger partial charge in [-0.3, -0.25) is 4.79 Å². The van der Waals surface area contributed by atoms with E-state index in [0.29, 0.717) is 11.3 Å². The number of nitriles is 1. The zero-order valence-corrected chi connectivity index (χ0v) is 14.5. The van der Waals surface area contributed by atoms with E-state index in [0.717, 1.165) is 16.3 Å². The first kappa shape index (κ1) is 16.1. The molecule has 0 radical (unpaired) electrons. The van der Waals surface area contributed by atoms with Gasteiger partial charge in [0.25, 0.3) is 5.56 Å². The van der Waals surface area contributed by atoms with Gasteiger partial charge in [-0.05, 0) is 26.3 Å². The molecule has 0 saturated heterocycles. The van der Waals surface area contributed by atoms with Crippen molar-refractivity contribution in [3.05, 3.63) is 68.1 Å². The van der Waals surface area contributed by atoms with Crippen LogP contribution in [0.1, 0.15) is 28.1 Å². The molecule has 0 aliphatic heterocycles. The average molecular weight is 336 g/mol. The van der Waals surface area contributed by atoms with Crippen LogP contribution in [-0.4, -0.2) is 14.8 Å². The van der Waals surface area contributed by atoms with Crippen LogP contribution in [0, 0.1) is 32.1 Å². The molecule has 1 aromatic carbocycles. The van der Waals surface area contributed by atoms with Crippen molar-refractivity contribution < 1.29 is 0 Å². The number of hydrogen-bond acceptors (Lipinski definition) is 5. The Bertz CT molecular complexity index is 993. The molecule has 2 heterocycles. The van der Waals surface area contributed by atoms with Crippen molar-refractivity contribution in [2.24, 2.45) is 0 Å². The Balaban J connectivity index is 1.94. The molecular formula is C18H16N4OS. The first-order chi connectivity index (χ1) is 11.5. The van der Waals surface area contributed by atoms with Crippen molar-refractivity contribution in [2.75, 3.05) is 0 Å². The SMILES string of the molecule is Cc1ccc(-c2nc(Cn3nc(C)c(C)c(C#N)c3=O)cs2)cc1. The molecule has 24 heavy (non-hydrogen) atoms. The van der Waals surface area contributed by atoms with Gasteiger partial charge in [-0.15, -0.1) is 11.3 Å². The first-order valence-electron chi connectivity index (χ1n) is 7.49. The van der Waals surface area contributed by atoms with Crippen LogP contribution in [-0.2, 0) is 6.54 Å². The monoisotopic (exact) mass is 336 g/mol. The van der Waals surface area contributed by atoms with E-state index in [1.54, 1.807) is 13.8 Å². The summed E-state index contributed by atoms with van der Waals surface area (Å²) < 4.78 is 1.31. The van der Waals surface area contributed by atoms with Gasteiger partial charge >= 0.3 is 0 Å². The minimum absolute atomic E-state index is 0.150. The number of aryl methyl sites for hydroxylation is 2. The number of rotatable bonds is 3. The van der Waals surface area contributed by atoms with Crippen molar-refractivity contribution >= 4 is 11.3 Å². The standard InChI is InChI=1S/C18H16N4OS/c1-11-4-6-14(7-5-11)17-20-15(10-24-17)9-22-18(23)16(8-19)12(2)13(3)21-22/h4-7,10H,9H2,1-3H3. The quantitative estimate of drug-likeness (QED) is 0.736. The van der Waals surface area contributed by atoms with Crippen LogP contribution in [0.3, 0.4) is 0 Å². The van der Waals surface area contributed by atoms with Gasteiger partial charge in [-0.1, -0.05) is 29.8 Å². The van der Waals surface area contributed by atoms with E-state index in [4.69, 9.17) is 0 Å². The summed E-state index contributed by atoms with van der Waals surface area (Å²) in [4.78, 5) is 16.9. The maximum absolute atomic E-state index is 12.3. The van der Waals surface area contributed by atoms with Gasteiger partial charge in [-0.25, -0.2) is 9.67 Å². The molecule has 0 atom stereocenters. The maximum Gasteiger partial charge on any atom is 0.285 e. The van der Waals surface area contributed by atoms with E-state index in [1.165, 1.54) is 21.6 Å². The third kappa shape index (κ3) is 2.99. The highest BCUT2D eigenvalue weighted by Gasteiger charge is 2.13. The second kappa shape index (κ2) is 6.38. The number of nitrogens with zero attached hydrogens (tertiary/aromatic N) is 4. The molecule has 0 N–H and O–H groups in total. The second-order valence-corrected chi connectivity index (χ2v) is 6.53. The Morgan fingerprint density at radius 2 is 1.92 bits per heavy atom. The lowest BCUT2D eigenvalue weighted by Crippen LogP contribution is -2.28. The van der Waals surface area contributed by atoms with E-state index in [1.807, 2.05) is 42.6 Å². The third-order valence-electron chi connectivity index (χ3n) is 3.91. The van der Waals surface area contributed by atoms with Crippen LogP contribution in [0.15, 0.2) is 34.4 Å². The van der Waals surface area contributed by atoms with Gasteiger partial charge in [0, 0.05) is 10.9 Å². The fourth-order valence-corrected chi connectivity index (χ4v) is 3.19. The van der Waals surface area contributed by atoms with Crippen LogP contribution in [0.4, 0.5) is 0 Å². The van der Waals surface area contributed by atoms with E-state index in [-0.39, 0.29) is 17.7 Å². The second-order valence-electron chi connectivity index (χ2n) is 5.67. The Morgan fingerprint density at radius 1 is 1.21 bits per heavy atom. The fourth-order valence-electron chi connectivity index (χ4n) is 2.37. The Kier molecular flexibility index (Phi) is 4.28. The highest BCUT2D eigenvalue weighted by molar-refractivity contribution is 7.13. The summed E-state index contributed by atoms with van der Waals surface area (Å²) in [6, 6.07) is 10.1. The average Bonchev–Trinajstić information content (AvgIpc) is 3.02. The van der Waals surface area contributed by atoms with Gasteiger partial charge in [0.2, 0.25) is 0 Å². The third-order valence-corrected chi connectivity index (χ3v) is 4.85. The van der Waals surface area contributed by atoms with Crippen molar-refractivity contribution in [1.29, 1.82) is 5.26 Å². The van der Waals surface area contributed by atoms with Gasteiger partial charge in [0.15, 0.2) is 0 Å². The lowest BCUT2D eigenvalue weighted by Gasteiger charge is -2.07. The van der Waals surface area contributed by atoms with E-state index in [2.05, 4.69) is 10.1 Å². The van der Waals surface area contributed by atoms with Crippen LogP contribution < -0.4 is 5.56 Å². The van der Waals surface area contributed by atoms with Crippen LogP contribution >= 0.6 is 11.3 Å². The molecule has 0 bridgehead atoms. The van der Waals surface area contributed by atoms with Crippen molar-refractivity contribution in [1.82, 2.24) is 14.8 Å². The Labute approximate surface area is 143 Å². The number of benzene rings is 1. The predicted molar refractivity (Wildman–Crippen MR) is 94.1 cm³/mol. The highest BCUT2D eigenvalue weighted by Crippen LogP contribution is 2.24. The smallest absolute Gasteiger partial charge is 0.266 e. The zero-order chi connectivity index (χ0) is 17.3. The summed E-state index contributed by atoms with van der Waals surface area (Å²) in [6.45, 7) is 5.84. The van der Waals surface area contributed by atoms with Gasteiger partial charge in [-0.2, -0.15) is 10.4 Å². The summed E-state index contributed by atoms with van der Waals surface area (Å²) in [5.41, 5.74) is 4.11. The Morgan fingerprint density at radius 3 is 2.58 bits per heavy atom. The molecule has 6 heteroatoms. The van der Waals surface area contributed by atoms with E-state index < -0.39 is 0 Å². The minimum Gasteiger partial charge on any atom is -0.266 e. The summed E-state index contributed by atoms with van der Waals surface area (Å²) in [5.74, 6) is 0. The maximum atomic E-state index is 12.3. The highest BCUT2D eigenvalue weighted by atomic mass is 32.1. The summed E-state index contributed by atoms with van der Waals surface area (Å²) in [6.07, 6.45) is 0. The molecule has 0 fully saturated rings. The number of thiazole rings is 1. The molecule has 2 aromatic heterocycles. The Hall–Kier alpha value is -2.78. The van der Waals surface area contributed by atoms with Crippen LogP contribution in [0.2, 0.25) is 0 Å². The summed E-state index contributed by atoms with van der Waals surface area (Å²) in [5, 5.41) is 16.3. The lowest BCUT2D eigenvalue weighted by molar-refractivity contribution is 0.615. The topological polar surface area (TPSA) is 71.6 Å². The van der Waals surface area contributed by atoms with Gasteiger partial charge in [0.1, 0.15) is 16.6 Å². The molecule has 3 rings (SSSR count). The molecule has 0 amide bonds. The molecule has 120 valence electrons. The molecule has 0 unspecified atom stereocenters. The molecule has 0 saturated carbocycles. The van der Waals surface area contributed by atoms with Gasteiger partial charge in [0.05, 0.1) is 17.9 Å². The van der Waals surface area contributed by atoms with Gasteiger partial charge < -0.3 is 0 Å².